The van der Waals surface area contributed by atoms with Gasteiger partial charge in [0.05, 0.1) is 98.9 Å². The predicted molar refractivity (Wildman–Crippen MR) is 358 cm³/mol. The smallest absolute Gasteiger partial charge is 0.416 e. The fraction of sp³-hybridized carbons (Fsp3) is 0.354. The first-order valence-corrected chi connectivity index (χ1v) is 32.7. The van der Waals surface area contributed by atoms with Crippen LogP contribution in [0.1, 0.15) is 98.4 Å². The number of fused-ring (bicyclic) bond motifs is 3. The van der Waals surface area contributed by atoms with Crippen LogP contribution in [0.5, 0.6) is 5.75 Å². The summed E-state index contributed by atoms with van der Waals surface area (Å²) < 4.78 is 84.4. The number of alkyl halides is 3. The van der Waals surface area contributed by atoms with Crippen LogP contribution in [0.15, 0.2) is 115 Å². The second kappa shape index (κ2) is 38.7. The molecule has 5 aromatic carbocycles. The van der Waals surface area contributed by atoms with Crippen molar-refractivity contribution in [2.75, 3.05) is 99.2 Å². The molecule has 93 heavy (non-hydrogen) atoms. The third-order valence-electron chi connectivity index (χ3n) is 13.8. The summed E-state index contributed by atoms with van der Waals surface area (Å²) in [5, 5.41) is 21.9. The average Bonchev–Trinajstić information content (AvgIpc) is 1.20. The van der Waals surface area contributed by atoms with Gasteiger partial charge in [0.25, 0.3) is 5.91 Å². The third-order valence-corrected chi connectivity index (χ3v) is 14.6. The van der Waals surface area contributed by atoms with Crippen molar-refractivity contribution in [3.05, 3.63) is 160 Å². The second-order valence-electron chi connectivity index (χ2n) is 20.3. The number of aliphatic hydroxyl groups excluding tert-OH is 1. The maximum atomic E-state index is 15.6. The molecule has 0 spiro atoms. The monoisotopic (exact) mass is 1330 g/mol. The lowest BCUT2D eigenvalue weighted by molar-refractivity contribution is -0.137. The van der Waals surface area contributed by atoms with E-state index >= 15 is 4.39 Å². The highest BCUT2D eigenvalue weighted by Crippen LogP contribution is 2.40. The molecule has 22 nitrogen and oxygen atoms in total. The fourth-order valence-electron chi connectivity index (χ4n) is 9.43. The first-order valence-electron chi connectivity index (χ1n) is 30.1. The number of aromatic nitrogens is 1. The van der Waals surface area contributed by atoms with Crippen molar-refractivity contribution < 1.29 is 75.1 Å². The normalized spacial score (nSPS) is 13.6. The molecule has 6 aromatic rings. The van der Waals surface area contributed by atoms with Gasteiger partial charge in [0.15, 0.2) is 11.6 Å². The topological polar surface area (TPSA) is 310 Å². The van der Waals surface area contributed by atoms with Crippen LogP contribution in [-0.2, 0) is 57.6 Å². The molecule has 0 atom stereocenters. The van der Waals surface area contributed by atoms with E-state index in [0.29, 0.717) is 84.2 Å². The van der Waals surface area contributed by atoms with E-state index < -0.39 is 41.7 Å². The molecule has 0 unspecified atom stereocenters. The number of nitrogens with two attached hydrogens (primary N) is 2. The molecule has 0 bridgehead atoms. The number of amides is 5. The van der Waals surface area contributed by atoms with E-state index in [1.54, 1.807) is 53.6 Å². The van der Waals surface area contributed by atoms with Crippen molar-refractivity contribution in [2.24, 2.45) is 11.6 Å². The highest BCUT2D eigenvalue weighted by atomic mass is 32.5. The van der Waals surface area contributed by atoms with Gasteiger partial charge in [0, 0.05) is 65.7 Å². The zero-order chi connectivity index (χ0) is 67.9. The molecule has 2 aliphatic rings. The third kappa shape index (κ3) is 23.7. The first-order chi connectivity index (χ1) is 44.7. The number of hydrazine groups is 1. The fourth-order valence-corrected chi connectivity index (χ4v) is 10.0. The number of anilines is 6. The Morgan fingerprint density at radius 2 is 1.46 bits per heavy atom. The number of unbranched alkanes of at least 4 members (excludes halogenated alkanes) is 3. The molecular weight excluding hydrogens is 1250 g/mol. The van der Waals surface area contributed by atoms with Crippen molar-refractivity contribution >= 4 is 99.9 Å². The molecule has 0 saturated carbocycles. The van der Waals surface area contributed by atoms with Crippen molar-refractivity contribution in [1.82, 2.24) is 15.3 Å². The number of para-hydroxylation sites is 1. The summed E-state index contributed by atoms with van der Waals surface area (Å²) in [6.07, 6.45) is 3.97. The second-order valence-corrected chi connectivity index (χ2v) is 23.0. The van der Waals surface area contributed by atoms with Crippen LogP contribution in [0.25, 0.3) is 23.0 Å². The van der Waals surface area contributed by atoms with Crippen LogP contribution in [-0.4, -0.2) is 122 Å². The summed E-state index contributed by atoms with van der Waals surface area (Å²) in [6, 6.07) is 29.1. The largest absolute Gasteiger partial charge is 0.488 e. The van der Waals surface area contributed by atoms with E-state index in [0.717, 1.165) is 66.3 Å². The van der Waals surface area contributed by atoms with Gasteiger partial charge in [-0.3, -0.25) is 14.4 Å². The Hall–Kier alpha value is -8.21. The lowest BCUT2D eigenvalue weighted by Crippen LogP contribution is -2.37. The number of nitrogens with zero attached hydrogens (tertiary/aromatic N) is 2. The van der Waals surface area contributed by atoms with Crippen LogP contribution in [0.4, 0.5) is 56.5 Å². The van der Waals surface area contributed by atoms with E-state index in [1.807, 2.05) is 88.4 Å². The number of aliphatic hydroxyl groups is 1. The summed E-state index contributed by atoms with van der Waals surface area (Å²) >= 11 is 4.27. The number of urea groups is 1. The molecule has 1 aromatic heterocycles. The quantitative estimate of drug-likeness (QED) is 0.00380. The van der Waals surface area contributed by atoms with Gasteiger partial charge in [-0.25, -0.2) is 15.0 Å². The maximum Gasteiger partial charge on any atom is 0.416 e. The number of hydrogen-bond donors (Lipinski definition) is 11. The summed E-state index contributed by atoms with van der Waals surface area (Å²) in [7, 11) is 1.00. The number of halogens is 4. The highest BCUT2D eigenvalue weighted by Gasteiger charge is 2.34. The van der Waals surface area contributed by atoms with Crippen molar-refractivity contribution in [3.63, 3.8) is 0 Å². The number of carbonyl (C=O) groups is 4. The molecule has 5 amide bonds. The molecule has 0 radical (unpaired) electrons. The summed E-state index contributed by atoms with van der Waals surface area (Å²) in [6.45, 7) is 6.43. The van der Waals surface area contributed by atoms with Gasteiger partial charge in [0.1, 0.15) is 6.61 Å². The molecule has 504 valence electrons. The minimum absolute atomic E-state index is 0.00356. The van der Waals surface area contributed by atoms with Gasteiger partial charge in [-0.15, -0.1) is 0 Å². The van der Waals surface area contributed by atoms with Crippen LogP contribution in [0.2, 0.25) is 0 Å². The number of rotatable bonds is 30. The van der Waals surface area contributed by atoms with Gasteiger partial charge in [-0.1, -0.05) is 88.2 Å². The van der Waals surface area contributed by atoms with E-state index in [4.69, 9.17) is 45.4 Å². The number of aromatic amines is 1. The van der Waals surface area contributed by atoms with E-state index in [2.05, 4.69) is 47.9 Å². The number of H-pyrrole nitrogens is 1. The average molecular weight is 1340 g/mol. The van der Waals surface area contributed by atoms with Crippen LogP contribution >= 0.6 is 6.72 Å². The van der Waals surface area contributed by atoms with Gasteiger partial charge in [0.2, 0.25) is 12.3 Å². The Bertz CT molecular complexity index is 3500. The first kappa shape index (κ1) is 75.5. The standard InChI is InChI=1S/C55H57F4N9O7.C7H16NO4PS.C2H6.CH4O/c1-3-9-49(69)67-33-35-10-4-5-12-40(35)51(60)52(42-13-6-7-14-47(42)67)68(61)20-21-72-22-23-73-24-25-74-26-27-75-48-29-36(55(57,58)59)28-46(50(48)56)66-54(71)64-39-16-15-34(2)44(31-39)63-38-17-18-41-43(30-37-11-8-19-62-37)53(70)65-45(41)32-38;9-7-8-5-3-1-2-4-6-12-13(10,11)14;2*1-2/h4-8,10-19,28-32,62-63H,3,9,20-27,33,60-61H2,1-2H3,(H,65,70)(H2,64,66,71);7H,1-6H2,(H,8,9)(H2,10,11,14);1-2H3;2H,1H3/b43-30-,52-51-;;;. The van der Waals surface area contributed by atoms with E-state index in [9.17, 15) is 32.3 Å². The van der Waals surface area contributed by atoms with Crippen molar-refractivity contribution in [1.29, 1.82) is 0 Å². The van der Waals surface area contributed by atoms with Crippen LogP contribution in [0, 0.1) is 12.7 Å². The number of hydrogen-bond acceptors (Lipinski definition) is 15. The molecule has 0 fully saturated rings. The minimum Gasteiger partial charge on any atom is -0.488 e. The van der Waals surface area contributed by atoms with Crippen molar-refractivity contribution in [3.8, 4) is 5.75 Å². The Morgan fingerprint density at radius 1 is 0.796 bits per heavy atom. The zero-order valence-electron chi connectivity index (χ0n) is 52.6. The lowest BCUT2D eigenvalue weighted by atomic mass is 9.95. The van der Waals surface area contributed by atoms with Gasteiger partial charge in [-0.2, -0.15) is 13.2 Å². The molecule has 3 heterocycles. The maximum absolute atomic E-state index is 15.6. The molecule has 0 saturated heterocycles. The van der Waals surface area contributed by atoms with Crippen LogP contribution < -0.4 is 47.8 Å². The zero-order valence-corrected chi connectivity index (χ0v) is 54.3. The molecular formula is C65H83F4N10O12PS. The molecule has 28 heteroatoms. The van der Waals surface area contributed by atoms with E-state index in [1.165, 1.54) is 5.01 Å². The Kier molecular flexibility index (Phi) is 31.4. The van der Waals surface area contributed by atoms with Gasteiger partial charge in [-0.05, 0) is 110 Å². The van der Waals surface area contributed by atoms with Gasteiger partial charge < -0.3 is 85.6 Å². The lowest BCUT2D eigenvalue weighted by Gasteiger charge is -2.33. The summed E-state index contributed by atoms with van der Waals surface area (Å²) in [5.74, 6) is 4.46. The van der Waals surface area contributed by atoms with Crippen LogP contribution in [0.3, 0.4) is 0 Å². The highest BCUT2D eigenvalue weighted by molar-refractivity contribution is 8.06. The Labute approximate surface area is 543 Å². The van der Waals surface area contributed by atoms with Gasteiger partial charge >= 0.3 is 18.9 Å². The molecule has 2 aliphatic heterocycles. The summed E-state index contributed by atoms with van der Waals surface area (Å²) in [5.41, 5.74) is 13.8. The molecule has 13 N–H and O–H groups in total. The Morgan fingerprint density at radius 3 is 2.14 bits per heavy atom. The number of aryl methyl sites for hydroxylation is 1. The molecule has 0 aliphatic carbocycles. The number of carbonyl (C=O) groups excluding carboxylic acids is 4. The van der Waals surface area contributed by atoms with E-state index in [-0.39, 0.29) is 76.9 Å². The summed E-state index contributed by atoms with van der Waals surface area (Å²) in [4.78, 5) is 71.3. The Balaban J connectivity index is 0.000000767. The predicted octanol–water partition coefficient (Wildman–Crippen LogP) is 11.3. The SMILES string of the molecule is CC.CCCC(=O)N1Cc2ccccc2/C(N)=C(/N(N)CCOCCOCCOCCOc2cc(C(F)(F)F)cc(NC(=O)Nc3ccc(C)c(Nc4ccc5c(c4)NC(=O)/C5=C\c4ccc[nH]4)c3)c2F)c2ccccc21.CO.O=CNCCCCCCOP(O)(O)=S. The number of nitrogens with one attached hydrogen (secondary N) is 6. The van der Waals surface area contributed by atoms with Crippen molar-refractivity contribution in [2.45, 2.75) is 78.9 Å². The minimum atomic E-state index is -4.89. The number of ether oxygens (including phenoxy) is 4. The number of benzene rings is 5. The molecule has 8 rings (SSSR count).